The van der Waals surface area contributed by atoms with Gasteiger partial charge in [-0.05, 0) is 36.2 Å². The number of hydrogen-bond donors (Lipinski definition) is 1. The monoisotopic (exact) mass is 360 g/mol. The largest absolute Gasteiger partial charge is 0.431 e. The Bertz CT molecular complexity index is 799. The highest BCUT2D eigenvalue weighted by Crippen LogP contribution is 2.24. The van der Waals surface area contributed by atoms with Crippen molar-refractivity contribution in [3.05, 3.63) is 59.1 Å². The van der Waals surface area contributed by atoms with E-state index >= 15 is 0 Å². The molecule has 1 heterocycles. The second kappa shape index (κ2) is 7.73. The Balaban J connectivity index is 1.58. The van der Waals surface area contributed by atoms with E-state index in [0.29, 0.717) is 10.2 Å². The average molecular weight is 361 g/mol. The zero-order valence-electron chi connectivity index (χ0n) is 13.2. The maximum absolute atomic E-state index is 12.2. The van der Waals surface area contributed by atoms with E-state index in [0.717, 1.165) is 23.1 Å². The number of aromatic nitrogens is 1. The molecular formula is C18H17ClN2O2S. The highest BCUT2D eigenvalue weighted by Gasteiger charge is 2.14. The molecule has 1 aromatic heterocycles. The van der Waals surface area contributed by atoms with Gasteiger partial charge in [0.2, 0.25) is 5.91 Å². The van der Waals surface area contributed by atoms with Gasteiger partial charge in [0.05, 0.1) is 11.8 Å². The fraction of sp³-hybridized carbons (Fsp3) is 0.222. The van der Waals surface area contributed by atoms with E-state index in [9.17, 15) is 4.79 Å². The number of benzene rings is 2. The molecule has 1 N–H and O–H groups in total. The lowest BCUT2D eigenvalue weighted by atomic mass is 10.0. The molecule has 0 aliphatic rings. The number of carbonyl (C=O) groups excluding carboxylic acids is 1. The Hall–Kier alpha value is -1.98. The van der Waals surface area contributed by atoms with Crippen LogP contribution in [0.5, 0.6) is 0 Å². The lowest BCUT2D eigenvalue weighted by Crippen LogP contribution is -2.29. The maximum Gasteiger partial charge on any atom is 0.257 e. The highest BCUT2D eigenvalue weighted by atomic mass is 35.5. The van der Waals surface area contributed by atoms with Gasteiger partial charge in [0, 0.05) is 5.02 Å². The molecule has 1 amide bonds. The van der Waals surface area contributed by atoms with E-state index in [1.54, 1.807) is 0 Å². The van der Waals surface area contributed by atoms with Crippen molar-refractivity contribution in [1.82, 2.24) is 10.3 Å². The molecular weight excluding hydrogens is 344 g/mol. The minimum absolute atomic E-state index is 0.0287. The SMILES string of the molecule is CCC(NC(=O)CSc1nc2ccccc2o1)c1ccc(Cl)cc1. The fourth-order valence-electron chi connectivity index (χ4n) is 2.39. The van der Waals surface area contributed by atoms with Gasteiger partial charge in [-0.1, -0.05) is 54.6 Å². The van der Waals surface area contributed by atoms with Crippen molar-refractivity contribution in [1.29, 1.82) is 0 Å². The van der Waals surface area contributed by atoms with Crippen LogP contribution in [0.25, 0.3) is 11.1 Å². The summed E-state index contributed by atoms with van der Waals surface area (Å²) in [5.74, 6) is 0.209. The van der Waals surface area contributed by atoms with Crippen LogP contribution in [0.2, 0.25) is 5.02 Å². The number of nitrogens with one attached hydrogen (secondary N) is 1. The van der Waals surface area contributed by atoms with Gasteiger partial charge in [-0.2, -0.15) is 0 Å². The van der Waals surface area contributed by atoms with Crippen molar-refractivity contribution in [3.8, 4) is 0 Å². The van der Waals surface area contributed by atoms with Crippen LogP contribution >= 0.6 is 23.4 Å². The third kappa shape index (κ3) is 4.10. The number of rotatable bonds is 6. The quantitative estimate of drug-likeness (QED) is 0.639. The minimum atomic E-state index is -0.0518. The molecule has 124 valence electrons. The van der Waals surface area contributed by atoms with Crippen molar-refractivity contribution in [3.63, 3.8) is 0 Å². The molecule has 0 spiro atoms. The molecule has 3 rings (SSSR count). The lowest BCUT2D eigenvalue weighted by Gasteiger charge is -2.17. The van der Waals surface area contributed by atoms with Crippen LogP contribution in [0.3, 0.4) is 0 Å². The van der Waals surface area contributed by atoms with Crippen molar-refractivity contribution in [2.24, 2.45) is 0 Å². The fourth-order valence-corrected chi connectivity index (χ4v) is 3.17. The van der Waals surface area contributed by atoms with E-state index < -0.39 is 0 Å². The molecule has 3 aromatic rings. The van der Waals surface area contributed by atoms with Crippen LogP contribution in [0, 0.1) is 0 Å². The Morgan fingerprint density at radius 2 is 2.00 bits per heavy atom. The summed E-state index contributed by atoms with van der Waals surface area (Å²) in [7, 11) is 0. The standard InChI is InChI=1S/C18H17ClN2O2S/c1-2-14(12-7-9-13(19)10-8-12)20-17(22)11-24-18-21-15-5-3-4-6-16(15)23-18/h3-10,14H,2,11H2,1H3,(H,20,22). The van der Waals surface area contributed by atoms with Crippen molar-refractivity contribution < 1.29 is 9.21 Å². The first-order chi connectivity index (χ1) is 11.7. The van der Waals surface area contributed by atoms with Crippen LogP contribution in [0.1, 0.15) is 24.9 Å². The third-order valence-corrected chi connectivity index (χ3v) is 4.70. The van der Waals surface area contributed by atoms with Gasteiger partial charge >= 0.3 is 0 Å². The molecule has 0 fully saturated rings. The summed E-state index contributed by atoms with van der Waals surface area (Å²) < 4.78 is 5.60. The summed E-state index contributed by atoms with van der Waals surface area (Å²) in [6.45, 7) is 2.04. The van der Waals surface area contributed by atoms with Gasteiger partial charge in [-0.25, -0.2) is 4.98 Å². The van der Waals surface area contributed by atoms with E-state index in [1.807, 2.05) is 55.5 Å². The van der Waals surface area contributed by atoms with Crippen LogP contribution < -0.4 is 5.32 Å². The van der Waals surface area contributed by atoms with Crippen LogP contribution in [-0.2, 0) is 4.79 Å². The first-order valence-corrected chi connectivity index (χ1v) is 9.05. The molecule has 2 aromatic carbocycles. The van der Waals surface area contributed by atoms with Crippen molar-refractivity contribution in [2.75, 3.05) is 5.75 Å². The number of halogens is 1. The molecule has 4 nitrogen and oxygen atoms in total. The third-order valence-electron chi connectivity index (χ3n) is 3.62. The summed E-state index contributed by atoms with van der Waals surface area (Å²) in [6.07, 6.45) is 0.806. The smallest absolute Gasteiger partial charge is 0.257 e. The predicted molar refractivity (Wildman–Crippen MR) is 97.4 cm³/mol. The summed E-state index contributed by atoms with van der Waals surface area (Å²) >= 11 is 7.20. The first-order valence-electron chi connectivity index (χ1n) is 7.69. The van der Waals surface area contributed by atoms with Crippen molar-refractivity contribution >= 4 is 40.4 Å². The molecule has 6 heteroatoms. The predicted octanol–water partition coefficient (Wildman–Crippen LogP) is 4.84. The summed E-state index contributed by atoms with van der Waals surface area (Å²) in [5.41, 5.74) is 2.57. The first kappa shape index (κ1) is 16.9. The number of para-hydroxylation sites is 2. The number of fused-ring (bicyclic) bond motifs is 1. The van der Waals surface area contributed by atoms with Crippen LogP contribution in [0.15, 0.2) is 58.2 Å². The maximum atomic E-state index is 12.2. The van der Waals surface area contributed by atoms with Gasteiger partial charge in [-0.3, -0.25) is 4.79 Å². The van der Waals surface area contributed by atoms with E-state index in [-0.39, 0.29) is 17.7 Å². The second-order valence-electron chi connectivity index (χ2n) is 5.32. The number of nitrogens with zero attached hydrogens (tertiary/aromatic N) is 1. The molecule has 0 saturated carbocycles. The molecule has 1 unspecified atom stereocenters. The van der Waals surface area contributed by atoms with E-state index in [2.05, 4.69) is 10.3 Å². The molecule has 24 heavy (non-hydrogen) atoms. The topological polar surface area (TPSA) is 55.1 Å². The molecule has 0 aliphatic heterocycles. The Labute approximate surface area is 149 Å². The van der Waals surface area contributed by atoms with Gasteiger partial charge < -0.3 is 9.73 Å². The van der Waals surface area contributed by atoms with E-state index in [1.165, 1.54) is 11.8 Å². The van der Waals surface area contributed by atoms with Crippen molar-refractivity contribution in [2.45, 2.75) is 24.6 Å². The lowest BCUT2D eigenvalue weighted by molar-refractivity contribution is -0.119. The molecule has 1 atom stereocenters. The zero-order chi connectivity index (χ0) is 16.9. The molecule has 0 saturated heterocycles. The highest BCUT2D eigenvalue weighted by molar-refractivity contribution is 7.99. The Morgan fingerprint density at radius 1 is 1.25 bits per heavy atom. The van der Waals surface area contributed by atoms with Crippen LogP contribution in [-0.4, -0.2) is 16.6 Å². The summed E-state index contributed by atoms with van der Waals surface area (Å²) in [6, 6.07) is 15.1. The van der Waals surface area contributed by atoms with E-state index in [4.69, 9.17) is 16.0 Å². The number of hydrogen-bond acceptors (Lipinski definition) is 4. The summed E-state index contributed by atoms with van der Waals surface area (Å²) in [5, 5.41) is 4.23. The number of carbonyl (C=O) groups is 1. The van der Waals surface area contributed by atoms with Crippen LogP contribution in [0.4, 0.5) is 0 Å². The molecule has 0 aliphatic carbocycles. The van der Waals surface area contributed by atoms with Gasteiger partial charge in [-0.15, -0.1) is 0 Å². The number of thioether (sulfide) groups is 1. The molecule has 0 radical (unpaired) electrons. The Kier molecular flexibility index (Phi) is 5.43. The van der Waals surface area contributed by atoms with Gasteiger partial charge in [0.25, 0.3) is 5.22 Å². The number of oxazole rings is 1. The average Bonchev–Trinajstić information content (AvgIpc) is 3.02. The second-order valence-corrected chi connectivity index (χ2v) is 6.68. The molecule has 0 bridgehead atoms. The Morgan fingerprint density at radius 3 is 2.71 bits per heavy atom. The number of amides is 1. The van der Waals surface area contributed by atoms with Gasteiger partial charge in [0.1, 0.15) is 5.52 Å². The normalized spacial score (nSPS) is 12.2. The zero-order valence-corrected chi connectivity index (χ0v) is 14.7. The summed E-state index contributed by atoms with van der Waals surface area (Å²) in [4.78, 5) is 16.6. The van der Waals surface area contributed by atoms with Gasteiger partial charge in [0.15, 0.2) is 5.58 Å². The minimum Gasteiger partial charge on any atom is -0.431 e.